The smallest absolute Gasteiger partial charge is 0.0148 e. The second-order valence-electron chi connectivity index (χ2n) is 3.77. The molecular weight excluding hydrogens is 188 g/mol. The number of hydrogen-bond donors (Lipinski definition) is 0. The average Bonchev–Trinajstić information content (AvgIpc) is 1.88. The van der Waals surface area contributed by atoms with Crippen LogP contribution in [-0.2, 0) is 0 Å². The first kappa shape index (κ1) is 8.58. The SMILES string of the molecule is CC(C)C1CCCC(Br)C1. The van der Waals surface area contributed by atoms with Crippen molar-refractivity contribution in [2.24, 2.45) is 11.8 Å². The zero-order valence-electron chi connectivity index (χ0n) is 6.94. The molecule has 0 radical (unpaired) electrons. The Labute approximate surface area is 72.5 Å². The van der Waals surface area contributed by atoms with Crippen LogP contribution in [0.15, 0.2) is 0 Å². The molecule has 0 saturated heterocycles. The zero-order chi connectivity index (χ0) is 7.56. The van der Waals surface area contributed by atoms with Crippen molar-refractivity contribution in [1.82, 2.24) is 0 Å². The predicted molar refractivity (Wildman–Crippen MR) is 49.5 cm³/mol. The van der Waals surface area contributed by atoms with Crippen molar-refractivity contribution in [3.05, 3.63) is 0 Å². The number of hydrogen-bond acceptors (Lipinski definition) is 0. The van der Waals surface area contributed by atoms with E-state index >= 15 is 0 Å². The minimum Gasteiger partial charge on any atom is -0.0891 e. The Morgan fingerprint density at radius 3 is 2.40 bits per heavy atom. The molecular formula is C9H17Br. The quantitative estimate of drug-likeness (QED) is 0.574. The van der Waals surface area contributed by atoms with Gasteiger partial charge in [-0.05, 0) is 24.7 Å². The van der Waals surface area contributed by atoms with Crippen LogP contribution >= 0.6 is 15.9 Å². The molecule has 0 aromatic carbocycles. The van der Waals surface area contributed by atoms with E-state index in [-0.39, 0.29) is 0 Å². The molecule has 0 aliphatic heterocycles. The summed E-state index contributed by atoms with van der Waals surface area (Å²) < 4.78 is 0. The summed E-state index contributed by atoms with van der Waals surface area (Å²) in [4.78, 5) is 0.814. The predicted octanol–water partition coefficient (Wildman–Crippen LogP) is 3.60. The number of alkyl halides is 1. The van der Waals surface area contributed by atoms with E-state index in [1.807, 2.05) is 0 Å². The highest BCUT2D eigenvalue weighted by Crippen LogP contribution is 2.33. The Kier molecular flexibility index (Phi) is 3.22. The molecule has 2 unspecified atom stereocenters. The molecule has 1 saturated carbocycles. The fourth-order valence-electron chi connectivity index (χ4n) is 1.77. The van der Waals surface area contributed by atoms with Gasteiger partial charge in [0, 0.05) is 4.83 Å². The minimum absolute atomic E-state index is 0.814. The molecule has 1 aliphatic carbocycles. The lowest BCUT2D eigenvalue weighted by atomic mass is 9.82. The van der Waals surface area contributed by atoms with Crippen LogP contribution < -0.4 is 0 Å². The Bertz CT molecular complexity index is 98.9. The zero-order valence-corrected chi connectivity index (χ0v) is 8.52. The highest BCUT2D eigenvalue weighted by atomic mass is 79.9. The maximum Gasteiger partial charge on any atom is 0.0148 e. The van der Waals surface area contributed by atoms with Gasteiger partial charge in [0.1, 0.15) is 0 Å². The average molecular weight is 205 g/mol. The van der Waals surface area contributed by atoms with Gasteiger partial charge in [-0.15, -0.1) is 0 Å². The first-order valence-corrected chi connectivity index (χ1v) is 5.25. The van der Waals surface area contributed by atoms with E-state index in [0.29, 0.717) is 0 Å². The number of halogens is 1. The molecule has 0 nitrogen and oxygen atoms in total. The van der Waals surface area contributed by atoms with Gasteiger partial charge in [0.2, 0.25) is 0 Å². The van der Waals surface area contributed by atoms with E-state index in [2.05, 4.69) is 29.8 Å². The molecule has 0 N–H and O–H groups in total. The van der Waals surface area contributed by atoms with Crippen molar-refractivity contribution < 1.29 is 0 Å². The van der Waals surface area contributed by atoms with E-state index in [1.54, 1.807) is 0 Å². The molecule has 0 aromatic heterocycles. The minimum atomic E-state index is 0.814. The molecule has 0 aromatic rings. The van der Waals surface area contributed by atoms with Crippen LogP contribution in [0.1, 0.15) is 39.5 Å². The third-order valence-electron chi connectivity index (χ3n) is 2.59. The van der Waals surface area contributed by atoms with E-state index in [9.17, 15) is 0 Å². The van der Waals surface area contributed by atoms with Crippen LogP contribution in [0, 0.1) is 11.8 Å². The first-order chi connectivity index (χ1) is 4.70. The number of rotatable bonds is 1. The second kappa shape index (κ2) is 3.75. The maximum atomic E-state index is 3.70. The third-order valence-corrected chi connectivity index (χ3v) is 3.43. The molecule has 0 heterocycles. The topological polar surface area (TPSA) is 0 Å². The lowest BCUT2D eigenvalue weighted by molar-refractivity contribution is 0.287. The van der Waals surface area contributed by atoms with Crippen LogP contribution in [-0.4, -0.2) is 4.83 Å². The van der Waals surface area contributed by atoms with E-state index in [1.165, 1.54) is 25.7 Å². The van der Waals surface area contributed by atoms with Crippen molar-refractivity contribution >= 4 is 15.9 Å². The van der Waals surface area contributed by atoms with Gasteiger partial charge in [-0.2, -0.15) is 0 Å². The van der Waals surface area contributed by atoms with Gasteiger partial charge in [-0.25, -0.2) is 0 Å². The molecule has 60 valence electrons. The van der Waals surface area contributed by atoms with Crippen LogP contribution in [0.3, 0.4) is 0 Å². The van der Waals surface area contributed by atoms with Crippen molar-refractivity contribution in [2.75, 3.05) is 0 Å². The lowest BCUT2D eigenvalue weighted by Crippen LogP contribution is -2.19. The summed E-state index contributed by atoms with van der Waals surface area (Å²) in [5.41, 5.74) is 0. The Morgan fingerprint density at radius 2 is 2.00 bits per heavy atom. The van der Waals surface area contributed by atoms with Crippen molar-refractivity contribution in [3.8, 4) is 0 Å². The Hall–Kier alpha value is 0.480. The summed E-state index contributed by atoms with van der Waals surface area (Å²) in [6.45, 7) is 4.69. The summed E-state index contributed by atoms with van der Waals surface area (Å²) in [5, 5.41) is 0. The van der Waals surface area contributed by atoms with Crippen LogP contribution in [0.2, 0.25) is 0 Å². The van der Waals surface area contributed by atoms with Crippen LogP contribution in [0.4, 0.5) is 0 Å². The molecule has 10 heavy (non-hydrogen) atoms. The van der Waals surface area contributed by atoms with Crippen LogP contribution in [0.5, 0.6) is 0 Å². The van der Waals surface area contributed by atoms with Gasteiger partial charge in [-0.1, -0.05) is 42.6 Å². The van der Waals surface area contributed by atoms with Gasteiger partial charge in [0.05, 0.1) is 0 Å². The molecule has 0 bridgehead atoms. The molecule has 2 atom stereocenters. The van der Waals surface area contributed by atoms with Crippen molar-refractivity contribution in [3.63, 3.8) is 0 Å². The molecule has 0 spiro atoms. The maximum absolute atomic E-state index is 3.70. The van der Waals surface area contributed by atoms with Gasteiger partial charge in [0.15, 0.2) is 0 Å². The monoisotopic (exact) mass is 204 g/mol. The molecule has 1 rings (SSSR count). The summed E-state index contributed by atoms with van der Waals surface area (Å²) >= 11 is 3.70. The van der Waals surface area contributed by atoms with E-state index < -0.39 is 0 Å². The van der Waals surface area contributed by atoms with E-state index in [4.69, 9.17) is 0 Å². The summed E-state index contributed by atoms with van der Waals surface area (Å²) in [6.07, 6.45) is 5.68. The molecule has 1 heteroatoms. The highest BCUT2D eigenvalue weighted by Gasteiger charge is 2.21. The third kappa shape index (κ3) is 2.26. The van der Waals surface area contributed by atoms with Gasteiger partial charge in [-0.3, -0.25) is 0 Å². The lowest BCUT2D eigenvalue weighted by Gasteiger charge is -2.28. The fraction of sp³-hybridized carbons (Fsp3) is 1.00. The first-order valence-electron chi connectivity index (χ1n) is 4.34. The molecule has 0 amide bonds. The van der Waals surface area contributed by atoms with Crippen molar-refractivity contribution in [1.29, 1.82) is 0 Å². The standard InChI is InChI=1S/C9H17Br/c1-7(2)8-4-3-5-9(10)6-8/h7-9H,3-6H2,1-2H3. The summed E-state index contributed by atoms with van der Waals surface area (Å²) in [7, 11) is 0. The largest absolute Gasteiger partial charge is 0.0891 e. The Morgan fingerprint density at radius 1 is 1.30 bits per heavy atom. The second-order valence-corrected chi connectivity index (χ2v) is 5.06. The molecule has 1 fully saturated rings. The van der Waals surface area contributed by atoms with Crippen LogP contribution in [0.25, 0.3) is 0 Å². The highest BCUT2D eigenvalue weighted by molar-refractivity contribution is 9.09. The van der Waals surface area contributed by atoms with Crippen molar-refractivity contribution in [2.45, 2.75) is 44.4 Å². The van der Waals surface area contributed by atoms with Gasteiger partial charge < -0.3 is 0 Å². The summed E-state index contributed by atoms with van der Waals surface area (Å²) in [6, 6.07) is 0. The molecule has 1 aliphatic rings. The fourth-order valence-corrected chi connectivity index (χ4v) is 2.58. The normalized spacial score (nSPS) is 34.8. The van der Waals surface area contributed by atoms with Gasteiger partial charge >= 0.3 is 0 Å². The summed E-state index contributed by atoms with van der Waals surface area (Å²) in [5.74, 6) is 1.87. The van der Waals surface area contributed by atoms with E-state index in [0.717, 1.165) is 16.7 Å². The van der Waals surface area contributed by atoms with Gasteiger partial charge in [0.25, 0.3) is 0 Å². The Balaban J connectivity index is 2.32.